The summed E-state index contributed by atoms with van der Waals surface area (Å²) in [5, 5.41) is 8.47. The molecule has 1 aromatic carbocycles. The number of esters is 1. The number of hydrogen-bond donors (Lipinski definition) is 1. The van der Waals surface area contributed by atoms with Gasteiger partial charge in [-0.2, -0.15) is 0 Å². The number of ether oxygens (including phenoxy) is 1. The fourth-order valence-electron chi connectivity index (χ4n) is 1.46. The standard InChI is InChI=1S/C13H16O4/c1-8-4-5-9(2)13(10(8)3)17-12(16)7-6-11(14)15/h4-5H,6-7H2,1-3H3,(H,14,15). The van der Waals surface area contributed by atoms with Gasteiger partial charge in [0.2, 0.25) is 0 Å². The van der Waals surface area contributed by atoms with E-state index < -0.39 is 11.9 Å². The maximum absolute atomic E-state index is 11.4. The highest BCUT2D eigenvalue weighted by atomic mass is 16.5. The molecule has 1 aromatic rings. The average Bonchev–Trinajstić information content (AvgIpc) is 2.27. The summed E-state index contributed by atoms with van der Waals surface area (Å²) in [6.07, 6.45) is -0.315. The third-order valence-electron chi connectivity index (χ3n) is 2.63. The van der Waals surface area contributed by atoms with Gasteiger partial charge in [0.1, 0.15) is 5.75 Å². The topological polar surface area (TPSA) is 63.6 Å². The lowest BCUT2D eigenvalue weighted by molar-refractivity contribution is -0.142. The van der Waals surface area contributed by atoms with Crippen molar-refractivity contribution < 1.29 is 19.4 Å². The first kappa shape index (κ1) is 13.2. The SMILES string of the molecule is Cc1ccc(C)c(OC(=O)CCC(=O)O)c1C. The van der Waals surface area contributed by atoms with Crippen molar-refractivity contribution in [3.63, 3.8) is 0 Å². The Labute approximate surface area is 100 Å². The number of carbonyl (C=O) groups is 2. The third kappa shape index (κ3) is 3.59. The number of hydrogen-bond acceptors (Lipinski definition) is 3. The van der Waals surface area contributed by atoms with Crippen LogP contribution in [0, 0.1) is 20.8 Å². The van der Waals surface area contributed by atoms with Gasteiger partial charge in [-0.1, -0.05) is 12.1 Å². The predicted molar refractivity (Wildman–Crippen MR) is 63.2 cm³/mol. The Morgan fingerprint density at radius 2 is 1.71 bits per heavy atom. The Morgan fingerprint density at radius 1 is 1.12 bits per heavy atom. The van der Waals surface area contributed by atoms with Gasteiger partial charge >= 0.3 is 11.9 Å². The molecule has 0 fully saturated rings. The average molecular weight is 236 g/mol. The van der Waals surface area contributed by atoms with E-state index >= 15 is 0 Å². The Hall–Kier alpha value is -1.84. The summed E-state index contributed by atoms with van der Waals surface area (Å²) in [4.78, 5) is 21.8. The predicted octanol–water partition coefficient (Wildman–Crippen LogP) is 2.38. The largest absolute Gasteiger partial charge is 0.481 e. The van der Waals surface area contributed by atoms with Gasteiger partial charge in [-0.05, 0) is 37.5 Å². The van der Waals surface area contributed by atoms with Crippen LogP contribution in [0.2, 0.25) is 0 Å². The molecular weight excluding hydrogens is 220 g/mol. The number of carboxylic acids is 1. The van der Waals surface area contributed by atoms with E-state index in [9.17, 15) is 9.59 Å². The first-order valence-electron chi connectivity index (χ1n) is 5.41. The molecule has 0 saturated carbocycles. The van der Waals surface area contributed by atoms with Crippen LogP contribution in [0.1, 0.15) is 29.5 Å². The molecule has 0 saturated heterocycles. The van der Waals surface area contributed by atoms with Gasteiger partial charge in [0.15, 0.2) is 0 Å². The molecule has 0 unspecified atom stereocenters. The number of carboxylic acid groups (broad SMARTS) is 1. The molecule has 0 aliphatic rings. The zero-order valence-corrected chi connectivity index (χ0v) is 10.2. The molecule has 0 amide bonds. The van der Waals surface area contributed by atoms with Crippen molar-refractivity contribution in [3.8, 4) is 5.75 Å². The summed E-state index contributed by atoms with van der Waals surface area (Å²) >= 11 is 0. The van der Waals surface area contributed by atoms with E-state index in [-0.39, 0.29) is 12.8 Å². The minimum Gasteiger partial charge on any atom is -0.481 e. The molecule has 1 rings (SSSR count). The van der Waals surface area contributed by atoms with Crippen LogP contribution in [0.3, 0.4) is 0 Å². The molecule has 0 bridgehead atoms. The van der Waals surface area contributed by atoms with Gasteiger partial charge in [0, 0.05) is 0 Å². The van der Waals surface area contributed by atoms with Crippen LogP contribution in [-0.2, 0) is 9.59 Å². The van der Waals surface area contributed by atoms with Crippen LogP contribution in [-0.4, -0.2) is 17.0 Å². The Morgan fingerprint density at radius 3 is 2.29 bits per heavy atom. The summed E-state index contributed by atoms with van der Waals surface area (Å²) in [5.41, 5.74) is 2.82. The highest BCUT2D eigenvalue weighted by molar-refractivity contribution is 5.78. The molecule has 92 valence electrons. The lowest BCUT2D eigenvalue weighted by Gasteiger charge is -2.12. The Balaban J connectivity index is 2.78. The highest BCUT2D eigenvalue weighted by Gasteiger charge is 2.12. The zero-order valence-electron chi connectivity index (χ0n) is 10.2. The molecule has 0 heterocycles. The monoisotopic (exact) mass is 236 g/mol. The van der Waals surface area contributed by atoms with Crippen molar-refractivity contribution in [2.45, 2.75) is 33.6 Å². The summed E-state index contributed by atoms with van der Waals surface area (Å²) in [5.74, 6) is -0.968. The van der Waals surface area contributed by atoms with Crippen LogP contribution >= 0.6 is 0 Å². The van der Waals surface area contributed by atoms with Crippen LogP contribution in [0.5, 0.6) is 5.75 Å². The molecule has 1 N–H and O–H groups in total. The van der Waals surface area contributed by atoms with Crippen LogP contribution in [0.4, 0.5) is 0 Å². The normalized spacial score (nSPS) is 10.1. The molecule has 0 aliphatic heterocycles. The Kier molecular flexibility index (Phi) is 4.26. The van der Waals surface area contributed by atoms with Crippen molar-refractivity contribution in [2.75, 3.05) is 0 Å². The van der Waals surface area contributed by atoms with Crippen molar-refractivity contribution in [1.29, 1.82) is 0 Å². The van der Waals surface area contributed by atoms with Crippen LogP contribution in [0.15, 0.2) is 12.1 Å². The van der Waals surface area contributed by atoms with Crippen molar-refractivity contribution in [2.24, 2.45) is 0 Å². The van der Waals surface area contributed by atoms with Crippen LogP contribution < -0.4 is 4.74 Å². The molecule has 4 heteroatoms. The van der Waals surface area contributed by atoms with E-state index in [0.29, 0.717) is 5.75 Å². The van der Waals surface area contributed by atoms with E-state index in [4.69, 9.17) is 9.84 Å². The Bertz CT molecular complexity index is 449. The van der Waals surface area contributed by atoms with Crippen LogP contribution in [0.25, 0.3) is 0 Å². The molecule has 17 heavy (non-hydrogen) atoms. The van der Waals surface area contributed by atoms with E-state index in [0.717, 1.165) is 16.7 Å². The molecule has 0 spiro atoms. The number of aliphatic carboxylic acids is 1. The third-order valence-corrected chi connectivity index (χ3v) is 2.63. The summed E-state index contributed by atoms with van der Waals surface area (Å²) in [7, 11) is 0. The molecule has 0 radical (unpaired) electrons. The first-order valence-corrected chi connectivity index (χ1v) is 5.41. The molecule has 4 nitrogen and oxygen atoms in total. The van der Waals surface area contributed by atoms with Crippen molar-refractivity contribution in [3.05, 3.63) is 28.8 Å². The highest BCUT2D eigenvalue weighted by Crippen LogP contribution is 2.26. The lowest BCUT2D eigenvalue weighted by Crippen LogP contribution is -2.12. The lowest BCUT2D eigenvalue weighted by atomic mass is 10.1. The minimum atomic E-state index is -1.00. The first-order chi connectivity index (χ1) is 7.91. The maximum atomic E-state index is 11.4. The smallest absolute Gasteiger partial charge is 0.311 e. The second-order valence-electron chi connectivity index (χ2n) is 4.02. The second kappa shape index (κ2) is 5.48. The fourth-order valence-corrected chi connectivity index (χ4v) is 1.46. The number of rotatable bonds is 4. The summed E-state index contributed by atoms with van der Waals surface area (Å²) in [6, 6.07) is 3.83. The quantitative estimate of drug-likeness (QED) is 0.644. The van der Waals surface area contributed by atoms with Gasteiger partial charge in [0.25, 0.3) is 0 Å². The second-order valence-corrected chi connectivity index (χ2v) is 4.02. The van der Waals surface area contributed by atoms with E-state index in [1.807, 2.05) is 32.9 Å². The van der Waals surface area contributed by atoms with Gasteiger partial charge in [-0.15, -0.1) is 0 Å². The van der Waals surface area contributed by atoms with Gasteiger partial charge in [-0.3, -0.25) is 9.59 Å². The van der Waals surface area contributed by atoms with Crippen molar-refractivity contribution >= 4 is 11.9 Å². The fraction of sp³-hybridized carbons (Fsp3) is 0.385. The zero-order chi connectivity index (χ0) is 13.0. The van der Waals surface area contributed by atoms with Gasteiger partial charge < -0.3 is 9.84 Å². The van der Waals surface area contributed by atoms with E-state index in [1.54, 1.807) is 0 Å². The number of benzene rings is 1. The summed E-state index contributed by atoms with van der Waals surface area (Å²) < 4.78 is 5.20. The molecule has 0 aromatic heterocycles. The molecular formula is C13H16O4. The van der Waals surface area contributed by atoms with Crippen molar-refractivity contribution in [1.82, 2.24) is 0 Å². The molecule has 0 aliphatic carbocycles. The number of aryl methyl sites for hydroxylation is 2. The van der Waals surface area contributed by atoms with Gasteiger partial charge in [0.05, 0.1) is 12.8 Å². The summed E-state index contributed by atoms with van der Waals surface area (Å²) in [6.45, 7) is 5.66. The van der Waals surface area contributed by atoms with Gasteiger partial charge in [-0.25, -0.2) is 0 Å². The number of carbonyl (C=O) groups excluding carboxylic acids is 1. The van der Waals surface area contributed by atoms with E-state index in [1.165, 1.54) is 0 Å². The maximum Gasteiger partial charge on any atom is 0.311 e. The minimum absolute atomic E-state index is 0.109. The molecule has 0 atom stereocenters. The van der Waals surface area contributed by atoms with E-state index in [2.05, 4.69) is 0 Å².